The van der Waals surface area contributed by atoms with Gasteiger partial charge in [0.1, 0.15) is 5.75 Å². The number of benzene rings is 3. The van der Waals surface area contributed by atoms with E-state index in [-0.39, 0.29) is 53.1 Å². The Morgan fingerprint density at radius 3 is 2.27 bits per heavy atom. The molecule has 9 nitrogen and oxygen atoms in total. The lowest BCUT2D eigenvalue weighted by molar-refractivity contribution is -0.120. The van der Waals surface area contributed by atoms with Gasteiger partial charge in [-0.1, -0.05) is 56.3 Å². The molecule has 0 unspecified atom stereocenters. The Morgan fingerprint density at radius 1 is 1.00 bits per heavy atom. The van der Waals surface area contributed by atoms with Crippen molar-refractivity contribution in [3.05, 3.63) is 94.5 Å². The van der Waals surface area contributed by atoms with Crippen molar-refractivity contribution in [2.24, 2.45) is 5.14 Å². The van der Waals surface area contributed by atoms with Crippen LogP contribution in [0, 0.1) is 0 Å². The third-order valence-corrected chi connectivity index (χ3v) is 13.0. The van der Waals surface area contributed by atoms with Gasteiger partial charge in [0.25, 0.3) is 0 Å². The van der Waals surface area contributed by atoms with Gasteiger partial charge in [0, 0.05) is 24.7 Å². The molecule has 0 fully saturated rings. The summed E-state index contributed by atoms with van der Waals surface area (Å²) in [5.41, 5.74) is 4.26. The van der Waals surface area contributed by atoms with Crippen LogP contribution in [0.3, 0.4) is 0 Å². The maximum Gasteiger partial charge on any atom is 0.238 e. The topological polar surface area (TPSA) is 162 Å². The standard InChI is InChI=1S/C33H47N3O6SSi/c1-23(35-21-29(19-33(2,3)44(4,5)42)27-11-14-31(38)28(18-27)22-37)15-25-7-6-8-26(16-25)17-32(39)36-20-24-9-12-30(13-10-24)43(34,40)41/h6-14,16,18,23,29,35,37-38,42H,15,17,19-22H2,1-5H3,(H,36,39)(H2,34,40,41)/t23-,29+/m1/s1. The number of aromatic hydroxyl groups is 1. The number of sulfonamides is 1. The van der Waals surface area contributed by atoms with E-state index in [1.165, 1.54) is 12.1 Å². The first-order valence-corrected chi connectivity index (χ1v) is 19.3. The zero-order chi connectivity index (χ0) is 32.7. The second kappa shape index (κ2) is 14.8. The molecule has 0 heterocycles. The van der Waals surface area contributed by atoms with Crippen LogP contribution >= 0.6 is 0 Å². The van der Waals surface area contributed by atoms with Gasteiger partial charge in [-0.05, 0) is 90.3 Å². The van der Waals surface area contributed by atoms with Gasteiger partial charge in [0.2, 0.25) is 15.9 Å². The Labute approximate surface area is 262 Å². The van der Waals surface area contributed by atoms with Crippen LogP contribution in [0.2, 0.25) is 18.1 Å². The van der Waals surface area contributed by atoms with Crippen LogP contribution in [0.1, 0.15) is 60.9 Å². The number of rotatable bonds is 15. The molecule has 11 heteroatoms. The summed E-state index contributed by atoms with van der Waals surface area (Å²) in [5.74, 6) is -0.0103. The van der Waals surface area contributed by atoms with E-state index in [1.807, 2.05) is 49.5 Å². The number of carbonyl (C=O) groups is 1. The fourth-order valence-corrected chi connectivity index (χ4v) is 6.30. The highest BCUT2D eigenvalue weighted by Crippen LogP contribution is 2.44. The Morgan fingerprint density at radius 2 is 1.66 bits per heavy atom. The van der Waals surface area contributed by atoms with Crippen molar-refractivity contribution in [2.75, 3.05) is 6.54 Å². The van der Waals surface area contributed by atoms with Gasteiger partial charge in [-0.3, -0.25) is 4.79 Å². The SMILES string of the molecule is C[C@H](Cc1cccc(CC(=O)NCc2ccc(S(N)(=O)=O)cc2)c1)NC[C@H](CC(C)(C)[Si](C)(C)O)c1ccc(O)c(CO)c1. The minimum atomic E-state index is -3.76. The van der Waals surface area contributed by atoms with Crippen molar-refractivity contribution in [2.45, 2.75) is 88.2 Å². The summed E-state index contributed by atoms with van der Waals surface area (Å²) >= 11 is 0. The van der Waals surface area contributed by atoms with Crippen LogP contribution in [0.15, 0.2) is 71.6 Å². The van der Waals surface area contributed by atoms with Gasteiger partial charge in [0.15, 0.2) is 8.32 Å². The van der Waals surface area contributed by atoms with Gasteiger partial charge < -0.3 is 25.6 Å². The summed E-state index contributed by atoms with van der Waals surface area (Å²) in [6, 6.07) is 19.5. The molecule has 0 spiro atoms. The van der Waals surface area contributed by atoms with E-state index in [0.29, 0.717) is 12.1 Å². The van der Waals surface area contributed by atoms with Crippen LogP contribution in [0.5, 0.6) is 5.75 Å². The second-order valence-electron chi connectivity index (χ2n) is 12.9. The minimum Gasteiger partial charge on any atom is -0.508 e. The van der Waals surface area contributed by atoms with Crippen molar-refractivity contribution < 1.29 is 28.2 Å². The Bertz CT molecular complexity index is 1520. The number of aliphatic hydroxyl groups excluding tert-OH is 1. The summed E-state index contributed by atoms with van der Waals surface area (Å²) in [5, 5.41) is 31.2. The number of phenols is 1. The first-order chi connectivity index (χ1) is 20.5. The third kappa shape index (κ3) is 10.3. The van der Waals surface area contributed by atoms with Crippen molar-refractivity contribution in [1.82, 2.24) is 10.6 Å². The van der Waals surface area contributed by atoms with Crippen LogP contribution in [-0.2, 0) is 40.8 Å². The predicted octanol–water partition coefficient (Wildman–Crippen LogP) is 4.06. The van der Waals surface area contributed by atoms with Gasteiger partial charge in [-0.25, -0.2) is 13.6 Å². The van der Waals surface area contributed by atoms with Crippen LogP contribution in [0.4, 0.5) is 0 Å². The van der Waals surface area contributed by atoms with E-state index in [2.05, 4.69) is 31.4 Å². The molecule has 0 saturated carbocycles. The normalized spacial score (nSPS) is 13.8. The van der Waals surface area contributed by atoms with Crippen molar-refractivity contribution in [1.29, 1.82) is 0 Å². The minimum absolute atomic E-state index is 0.0272. The molecule has 0 aliphatic rings. The first-order valence-electron chi connectivity index (χ1n) is 14.8. The average molecular weight is 642 g/mol. The number of aliphatic hydroxyl groups is 1. The second-order valence-corrected chi connectivity index (χ2v) is 18.9. The molecule has 0 aromatic heterocycles. The average Bonchev–Trinajstić information content (AvgIpc) is 2.94. The van der Waals surface area contributed by atoms with Crippen LogP contribution in [0.25, 0.3) is 0 Å². The smallest absolute Gasteiger partial charge is 0.238 e. The van der Waals surface area contributed by atoms with E-state index in [9.17, 15) is 28.2 Å². The Balaban J connectivity index is 1.61. The third-order valence-electron chi connectivity index (χ3n) is 8.51. The summed E-state index contributed by atoms with van der Waals surface area (Å²) in [7, 11) is -6.23. The largest absolute Gasteiger partial charge is 0.508 e. The molecule has 0 radical (unpaired) electrons. The van der Waals surface area contributed by atoms with E-state index in [1.54, 1.807) is 18.2 Å². The van der Waals surface area contributed by atoms with Gasteiger partial charge >= 0.3 is 0 Å². The lowest BCUT2D eigenvalue weighted by Gasteiger charge is -2.38. The van der Waals surface area contributed by atoms with Gasteiger partial charge in [0.05, 0.1) is 17.9 Å². The predicted molar refractivity (Wildman–Crippen MR) is 176 cm³/mol. The molecule has 0 bridgehead atoms. The highest BCUT2D eigenvalue weighted by atomic mass is 32.2. The highest BCUT2D eigenvalue weighted by Gasteiger charge is 2.40. The molecule has 3 aromatic rings. The molecule has 1 amide bonds. The molecule has 3 aromatic carbocycles. The van der Waals surface area contributed by atoms with E-state index < -0.39 is 18.3 Å². The maximum absolute atomic E-state index is 12.6. The van der Waals surface area contributed by atoms with E-state index >= 15 is 0 Å². The monoisotopic (exact) mass is 641 g/mol. The molecule has 3 rings (SSSR count). The zero-order valence-electron chi connectivity index (χ0n) is 26.3. The Hall–Kier alpha value is -3.06. The Kier molecular flexibility index (Phi) is 11.9. The molecule has 7 N–H and O–H groups in total. The number of hydrogen-bond donors (Lipinski definition) is 6. The number of primary sulfonamides is 1. The summed E-state index contributed by atoms with van der Waals surface area (Å²) in [6.07, 6.45) is 1.72. The molecule has 0 saturated heterocycles. The molecule has 0 aliphatic carbocycles. The van der Waals surface area contributed by atoms with E-state index in [0.717, 1.165) is 35.1 Å². The van der Waals surface area contributed by atoms with Gasteiger partial charge in [-0.2, -0.15) is 0 Å². The summed E-state index contributed by atoms with van der Waals surface area (Å²) in [6.45, 7) is 10.9. The number of amides is 1. The lowest BCUT2D eigenvalue weighted by atomic mass is 9.88. The number of hydrogen-bond acceptors (Lipinski definition) is 7. The fourth-order valence-electron chi connectivity index (χ4n) is 5.04. The molecule has 0 aliphatic heterocycles. The fraction of sp³-hybridized carbons (Fsp3) is 0.424. The molecular formula is C33H47N3O6SSi. The number of carbonyl (C=O) groups excluding carboxylic acids is 1. The zero-order valence-corrected chi connectivity index (χ0v) is 28.1. The quantitative estimate of drug-likeness (QED) is 0.136. The summed E-state index contributed by atoms with van der Waals surface area (Å²) < 4.78 is 22.9. The number of nitrogens with one attached hydrogen (secondary N) is 2. The summed E-state index contributed by atoms with van der Waals surface area (Å²) in [4.78, 5) is 23.6. The maximum atomic E-state index is 12.6. The van der Waals surface area contributed by atoms with Gasteiger partial charge in [-0.15, -0.1) is 0 Å². The molecule has 44 heavy (non-hydrogen) atoms. The van der Waals surface area contributed by atoms with Crippen molar-refractivity contribution >= 4 is 24.2 Å². The van der Waals surface area contributed by atoms with Crippen LogP contribution in [-0.4, -0.2) is 50.2 Å². The first kappa shape index (κ1) is 35.4. The highest BCUT2D eigenvalue weighted by molar-refractivity contribution is 7.89. The molecule has 240 valence electrons. The molecule has 2 atom stereocenters. The lowest BCUT2D eigenvalue weighted by Crippen LogP contribution is -2.41. The van der Waals surface area contributed by atoms with Crippen molar-refractivity contribution in [3.8, 4) is 5.75 Å². The van der Waals surface area contributed by atoms with E-state index in [4.69, 9.17) is 5.14 Å². The van der Waals surface area contributed by atoms with Crippen molar-refractivity contribution in [3.63, 3.8) is 0 Å². The molecular weight excluding hydrogens is 595 g/mol. The van der Waals surface area contributed by atoms with Crippen LogP contribution < -0.4 is 15.8 Å². The number of nitrogens with two attached hydrogens (primary N) is 1.